The molecular weight excluding hydrogens is 324 g/mol. The van der Waals surface area contributed by atoms with E-state index in [2.05, 4.69) is 31.9 Å². The zero-order valence-electron chi connectivity index (χ0n) is 8.64. The molecule has 4 heteroatoms. The smallest absolute Gasteiger partial charge is 0.133 e. The fraction of sp³-hybridized carbons (Fsp3) is 0.455. The van der Waals surface area contributed by atoms with Crippen LogP contribution in [0.3, 0.4) is 0 Å². The van der Waals surface area contributed by atoms with Crippen LogP contribution in [0.1, 0.15) is 12.5 Å². The highest BCUT2D eigenvalue weighted by Gasteiger charge is 2.40. The predicted octanol–water partition coefficient (Wildman–Crippen LogP) is 3.69. The Morgan fingerprint density at radius 2 is 2.07 bits per heavy atom. The van der Waals surface area contributed by atoms with Gasteiger partial charge in [-0.25, -0.2) is 0 Å². The summed E-state index contributed by atoms with van der Waals surface area (Å²) in [5, 5.41) is 0. The first kappa shape index (κ1) is 11.4. The van der Waals surface area contributed by atoms with Crippen molar-refractivity contribution >= 4 is 31.9 Å². The average Bonchev–Trinajstić information content (AvgIpc) is 2.89. The van der Waals surface area contributed by atoms with Crippen LogP contribution in [0.2, 0.25) is 0 Å². The largest absolute Gasteiger partial charge is 0.489 e. The highest BCUT2D eigenvalue weighted by atomic mass is 79.9. The average molecular weight is 336 g/mol. The fourth-order valence-electron chi connectivity index (χ4n) is 1.18. The van der Waals surface area contributed by atoms with Crippen LogP contribution in [0.5, 0.6) is 5.75 Å². The summed E-state index contributed by atoms with van der Waals surface area (Å²) < 4.78 is 13.0. The van der Waals surface area contributed by atoms with Crippen molar-refractivity contribution in [2.75, 3.05) is 13.2 Å². The van der Waals surface area contributed by atoms with E-state index in [9.17, 15) is 0 Å². The predicted molar refractivity (Wildman–Crippen MR) is 66.4 cm³/mol. The highest BCUT2D eigenvalue weighted by Crippen LogP contribution is 2.33. The van der Waals surface area contributed by atoms with E-state index in [1.54, 1.807) is 0 Å². The van der Waals surface area contributed by atoms with Crippen molar-refractivity contribution in [2.24, 2.45) is 0 Å². The third-order valence-corrected chi connectivity index (χ3v) is 3.86. The van der Waals surface area contributed by atoms with Crippen LogP contribution in [-0.2, 0) is 4.74 Å². The first-order chi connectivity index (χ1) is 7.00. The zero-order chi connectivity index (χ0) is 11.1. The molecule has 1 aromatic carbocycles. The zero-order valence-corrected chi connectivity index (χ0v) is 11.8. The molecule has 0 aliphatic carbocycles. The van der Waals surface area contributed by atoms with Crippen LogP contribution in [0.15, 0.2) is 21.1 Å². The molecule has 0 aromatic heterocycles. The second kappa shape index (κ2) is 4.07. The van der Waals surface area contributed by atoms with Crippen LogP contribution < -0.4 is 4.74 Å². The molecule has 1 atom stereocenters. The van der Waals surface area contributed by atoms with Gasteiger partial charge in [-0.3, -0.25) is 0 Å². The van der Waals surface area contributed by atoms with Gasteiger partial charge in [-0.15, -0.1) is 0 Å². The summed E-state index contributed by atoms with van der Waals surface area (Å²) in [7, 11) is 0. The molecular formula is C11H12Br2O2. The van der Waals surface area contributed by atoms with E-state index in [-0.39, 0.29) is 5.60 Å². The number of halogens is 2. The van der Waals surface area contributed by atoms with Crippen molar-refractivity contribution in [3.63, 3.8) is 0 Å². The van der Waals surface area contributed by atoms with Gasteiger partial charge in [-0.05, 0) is 47.5 Å². The number of epoxide rings is 1. The minimum Gasteiger partial charge on any atom is -0.489 e. The van der Waals surface area contributed by atoms with Gasteiger partial charge in [0.25, 0.3) is 0 Å². The highest BCUT2D eigenvalue weighted by molar-refractivity contribution is 9.11. The first-order valence-electron chi connectivity index (χ1n) is 4.73. The third-order valence-electron chi connectivity index (χ3n) is 2.38. The summed E-state index contributed by atoms with van der Waals surface area (Å²) in [4.78, 5) is 0. The van der Waals surface area contributed by atoms with Crippen LogP contribution >= 0.6 is 31.9 Å². The van der Waals surface area contributed by atoms with Crippen LogP contribution in [-0.4, -0.2) is 18.8 Å². The van der Waals surface area contributed by atoms with Gasteiger partial charge >= 0.3 is 0 Å². The van der Waals surface area contributed by atoms with E-state index in [0.717, 1.165) is 26.9 Å². The summed E-state index contributed by atoms with van der Waals surface area (Å²) >= 11 is 6.95. The third kappa shape index (κ3) is 2.74. The van der Waals surface area contributed by atoms with Gasteiger partial charge in [-0.1, -0.05) is 15.9 Å². The number of ether oxygens (including phenoxy) is 2. The molecule has 0 saturated carbocycles. The standard InChI is InChI=1S/C11H12Br2O2/c1-7-3-10(9(13)4-8(7)12)14-5-11(2)6-15-11/h3-4H,5-6H2,1-2H3. The molecule has 0 N–H and O–H groups in total. The maximum absolute atomic E-state index is 5.71. The summed E-state index contributed by atoms with van der Waals surface area (Å²) in [6.07, 6.45) is 0. The Balaban J connectivity index is 2.10. The number of hydrogen-bond donors (Lipinski definition) is 0. The molecule has 1 unspecified atom stereocenters. The van der Waals surface area contributed by atoms with Gasteiger partial charge in [0.05, 0.1) is 11.1 Å². The summed E-state index contributed by atoms with van der Waals surface area (Å²) in [6.45, 7) is 5.48. The first-order valence-corrected chi connectivity index (χ1v) is 6.31. The second-order valence-electron chi connectivity index (χ2n) is 4.06. The lowest BCUT2D eigenvalue weighted by Gasteiger charge is -2.11. The number of aryl methyl sites for hydroxylation is 1. The molecule has 1 aromatic rings. The van der Waals surface area contributed by atoms with Crippen molar-refractivity contribution in [3.8, 4) is 5.75 Å². The molecule has 1 saturated heterocycles. The van der Waals surface area contributed by atoms with Crippen molar-refractivity contribution in [2.45, 2.75) is 19.4 Å². The van der Waals surface area contributed by atoms with Crippen molar-refractivity contribution in [1.29, 1.82) is 0 Å². The Morgan fingerprint density at radius 1 is 1.40 bits per heavy atom. The quantitative estimate of drug-likeness (QED) is 0.786. The van der Waals surface area contributed by atoms with E-state index >= 15 is 0 Å². The molecule has 0 amide bonds. The number of hydrogen-bond acceptors (Lipinski definition) is 2. The Hall–Kier alpha value is -0.0600. The Kier molecular flexibility index (Phi) is 3.10. The van der Waals surface area contributed by atoms with E-state index in [4.69, 9.17) is 9.47 Å². The molecule has 0 radical (unpaired) electrons. The van der Waals surface area contributed by atoms with Crippen LogP contribution in [0.4, 0.5) is 0 Å². The Labute approximate surface area is 106 Å². The van der Waals surface area contributed by atoms with Crippen LogP contribution in [0, 0.1) is 6.92 Å². The minimum atomic E-state index is -0.0690. The van der Waals surface area contributed by atoms with Crippen molar-refractivity contribution < 1.29 is 9.47 Å². The molecule has 15 heavy (non-hydrogen) atoms. The summed E-state index contributed by atoms with van der Waals surface area (Å²) in [5.41, 5.74) is 1.09. The van der Waals surface area contributed by atoms with E-state index in [1.165, 1.54) is 0 Å². The van der Waals surface area contributed by atoms with Gasteiger partial charge in [0, 0.05) is 4.47 Å². The lowest BCUT2D eigenvalue weighted by atomic mass is 10.2. The van der Waals surface area contributed by atoms with Gasteiger partial charge in [0.15, 0.2) is 0 Å². The fourth-order valence-corrected chi connectivity index (χ4v) is 2.29. The monoisotopic (exact) mass is 334 g/mol. The number of benzene rings is 1. The van der Waals surface area contributed by atoms with Gasteiger partial charge in [0.2, 0.25) is 0 Å². The van der Waals surface area contributed by atoms with E-state index < -0.39 is 0 Å². The van der Waals surface area contributed by atoms with Gasteiger partial charge in [-0.2, -0.15) is 0 Å². The topological polar surface area (TPSA) is 21.8 Å². The normalized spacial score (nSPS) is 24.0. The molecule has 2 nitrogen and oxygen atoms in total. The maximum Gasteiger partial charge on any atom is 0.133 e. The number of rotatable bonds is 3. The Bertz CT molecular complexity index is 386. The Morgan fingerprint density at radius 3 is 2.67 bits per heavy atom. The molecule has 0 bridgehead atoms. The molecule has 82 valence electrons. The van der Waals surface area contributed by atoms with Gasteiger partial charge < -0.3 is 9.47 Å². The van der Waals surface area contributed by atoms with Crippen molar-refractivity contribution in [1.82, 2.24) is 0 Å². The molecule has 1 aliphatic rings. The minimum absolute atomic E-state index is 0.0690. The molecule has 1 aliphatic heterocycles. The van der Waals surface area contributed by atoms with Crippen molar-refractivity contribution in [3.05, 3.63) is 26.6 Å². The molecule has 1 heterocycles. The molecule has 0 spiro atoms. The van der Waals surface area contributed by atoms with E-state index in [0.29, 0.717) is 6.61 Å². The van der Waals surface area contributed by atoms with Gasteiger partial charge in [0.1, 0.15) is 18.0 Å². The second-order valence-corrected chi connectivity index (χ2v) is 5.77. The van der Waals surface area contributed by atoms with E-state index in [1.807, 2.05) is 26.0 Å². The SMILES string of the molecule is Cc1cc(OCC2(C)CO2)c(Br)cc1Br. The maximum atomic E-state index is 5.71. The lowest BCUT2D eigenvalue weighted by molar-refractivity contribution is 0.201. The van der Waals surface area contributed by atoms with Crippen LogP contribution in [0.25, 0.3) is 0 Å². The molecule has 1 fully saturated rings. The summed E-state index contributed by atoms with van der Waals surface area (Å²) in [6, 6.07) is 4.01. The molecule has 2 rings (SSSR count). The lowest BCUT2D eigenvalue weighted by Crippen LogP contribution is -2.17. The summed E-state index contributed by atoms with van der Waals surface area (Å²) in [5.74, 6) is 0.868.